The van der Waals surface area contributed by atoms with Crippen LogP contribution in [0.3, 0.4) is 0 Å². The summed E-state index contributed by atoms with van der Waals surface area (Å²) in [5, 5.41) is 0. The van der Waals surface area contributed by atoms with Crippen molar-refractivity contribution in [3.63, 3.8) is 0 Å². The monoisotopic (exact) mass is 250 g/mol. The first-order chi connectivity index (χ1) is 7.50. The highest BCUT2D eigenvalue weighted by molar-refractivity contribution is 8.01. The molecular weight excluding hydrogens is 228 g/mol. The third-order valence-corrected chi connectivity index (χ3v) is 8.57. The van der Waals surface area contributed by atoms with Crippen LogP contribution in [0.25, 0.3) is 0 Å². The molecule has 2 unspecified atom stereocenters. The second-order valence-corrected chi connectivity index (χ2v) is 11.9. The Kier molecular flexibility index (Phi) is 4.87. The highest BCUT2D eigenvalue weighted by atomic mass is 32.2. The van der Waals surface area contributed by atoms with Gasteiger partial charge in [-0.25, -0.2) is 0 Å². The van der Waals surface area contributed by atoms with E-state index in [2.05, 4.69) is 68.9 Å². The van der Waals surface area contributed by atoms with Crippen LogP contribution >= 0.6 is 11.8 Å². The van der Waals surface area contributed by atoms with Gasteiger partial charge in [-0.3, -0.25) is 0 Å². The van der Waals surface area contributed by atoms with Crippen LogP contribution in [0.1, 0.15) is 11.5 Å². The fourth-order valence-electron chi connectivity index (χ4n) is 2.15. The molecule has 1 aromatic carbocycles. The molecule has 0 N–H and O–H groups in total. The molecule has 1 rings (SSSR count). The van der Waals surface area contributed by atoms with Gasteiger partial charge in [-0.1, -0.05) is 56.0 Å². The van der Waals surface area contributed by atoms with E-state index in [1.165, 1.54) is 5.56 Å². The van der Waals surface area contributed by atoms with Crippen molar-refractivity contribution in [2.45, 2.75) is 30.4 Å². The molecule has 0 bridgehead atoms. The summed E-state index contributed by atoms with van der Waals surface area (Å²) in [6.45, 7) is 11.3. The van der Waals surface area contributed by atoms with E-state index in [0.717, 1.165) is 0 Å². The molecule has 2 heteroatoms. The lowest BCUT2D eigenvalue weighted by molar-refractivity contribution is 0.912. The van der Waals surface area contributed by atoms with Gasteiger partial charge in [0.05, 0.1) is 8.07 Å². The van der Waals surface area contributed by atoms with Crippen LogP contribution in [0.5, 0.6) is 0 Å². The van der Waals surface area contributed by atoms with E-state index < -0.39 is 8.07 Å². The van der Waals surface area contributed by atoms with E-state index in [9.17, 15) is 0 Å². The number of rotatable bonds is 5. The lowest BCUT2D eigenvalue weighted by atomic mass is 10.0. The van der Waals surface area contributed by atoms with Crippen molar-refractivity contribution in [1.82, 2.24) is 0 Å². The SMILES string of the molecule is C=CC(c1ccccc1)C(SC)[Si](C)(C)C. The fraction of sp³-hybridized carbons (Fsp3) is 0.429. The van der Waals surface area contributed by atoms with Gasteiger partial charge in [0.15, 0.2) is 0 Å². The summed E-state index contributed by atoms with van der Waals surface area (Å²) in [5.41, 5.74) is 1.40. The van der Waals surface area contributed by atoms with Crippen LogP contribution < -0.4 is 0 Å². The summed E-state index contributed by atoms with van der Waals surface area (Å²) in [6.07, 6.45) is 4.34. The zero-order chi connectivity index (χ0) is 12.2. The molecule has 0 aromatic heterocycles. The van der Waals surface area contributed by atoms with Crippen molar-refractivity contribution in [3.05, 3.63) is 48.6 Å². The predicted octanol–water partition coefficient (Wildman–Crippen LogP) is 4.57. The Bertz CT molecular complexity index is 326. The average molecular weight is 250 g/mol. The molecule has 2 atom stereocenters. The Hall–Kier alpha value is -0.473. The van der Waals surface area contributed by atoms with E-state index in [1.54, 1.807) is 0 Å². The van der Waals surface area contributed by atoms with Crippen molar-refractivity contribution in [3.8, 4) is 0 Å². The van der Waals surface area contributed by atoms with Gasteiger partial charge >= 0.3 is 0 Å². The number of benzene rings is 1. The van der Waals surface area contributed by atoms with Crippen molar-refractivity contribution in [2.24, 2.45) is 0 Å². The molecule has 0 spiro atoms. The fourth-order valence-corrected chi connectivity index (χ4v) is 6.94. The van der Waals surface area contributed by atoms with Gasteiger partial charge in [-0.2, -0.15) is 11.8 Å². The molecule has 0 heterocycles. The predicted molar refractivity (Wildman–Crippen MR) is 80.0 cm³/mol. The zero-order valence-electron chi connectivity index (χ0n) is 10.7. The molecule has 0 aliphatic heterocycles. The van der Waals surface area contributed by atoms with Gasteiger partial charge in [0.1, 0.15) is 0 Å². The van der Waals surface area contributed by atoms with Crippen molar-refractivity contribution in [1.29, 1.82) is 0 Å². The minimum Gasteiger partial charge on any atom is -0.164 e. The lowest BCUT2D eigenvalue weighted by Crippen LogP contribution is -2.39. The molecule has 0 nitrogen and oxygen atoms in total. The number of thioether (sulfide) groups is 1. The first kappa shape index (κ1) is 13.6. The van der Waals surface area contributed by atoms with E-state index >= 15 is 0 Å². The van der Waals surface area contributed by atoms with Crippen LogP contribution in [0.2, 0.25) is 19.6 Å². The van der Waals surface area contributed by atoms with Crippen LogP contribution in [-0.2, 0) is 0 Å². The maximum Gasteiger partial charge on any atom is 0.0599 e. The second-order valence-electron chi connectivity index (χ2n) is 5.19. The van der Waals surface area contributed by atoms with Crippen LogP contribution in [0.15, 0.2) is 43.0 Å². The van der Waals surface area contributed by atoms with Gasteiger partial charge in [-0.15, -0.1) is 6.58 Å². The van der Waals surface area contributed by atoms with Crippen molar-refractivity contribution < 1.29 is 0 Å². The molecule has 16 heavy (non-hydrogen) atoms. The molecule has 0 saturated carbocycles. The summed E-state index contributed by atoms with van der Waals surface area (Å²) in [6, 6.07) is 10.7. The summed E-state index contributed by atoms with van der Waals surface area (Å²) < 4.78 is 0. The summed E-state index contributed by atoms with van der Waals surface area (Å²) in [5.74, 6) is 0.489. The summed E-state index contributed by atoms with van der Waals surface area (Å²) >= 11 is 1.99. The van der Waals surface area contributed by atoms with Crippen LogP contribution in [0, 0.1) is 0 Å². The van der Waals surface area contributed by atoms with Gasteiger partial charge in [-0.05, 0) is 11.8 Å². The third kappa shape index (κ3) is 3.26. The van der Waals surface area contributed by atoms with E-state index in [4.69, 9.17) is 0 Å². The molecule has 0 radical (unpaired) electrons. The van der Waals surface area contributed by atoms with E-state index in [-0.39, 0.29) is 0 Å². The van der Waals surface area contributed by atoms with Crippen LogP contribution in [0.4, 0.5) is 0 Å². The Balaban J connectivity index is 3.02. The maximum atomic E-state index is 4.03. The molecule has 0 aliphatic rings. The Morgan fingerprint density at radius 1 is 1.19 bits per heavy atom. The maximum absolute atomic E-state index is 4.03. The van der Waals surface area contributed by atoms with Gasteiger partial charge < -0.3 is 0 Å². The molecule has 1 aromatic rings. The lowest BCUT2D eigenvalue weighted by Gasteiger charge is -2.33. The normalized spacial score (nSPS) is 15.5. The van der Waals surface area contributed by atoms with E-state index in [0.29, 0.717) is 10.8 Å². The Morgan fingerprint density at radius 3 is 2.12 bits per heavy atom. The second kappa shape index (κ2) is 5.74. The first-order valence-electron chi connectivity index (χ1n) is 5.71. The first-order valence-corrected chi connectivity index (χ1v) is 10.6. The molecule has 0 amide bonds. The van der Waals surface area contributed by atoms with E-state index in [1.807, 2.05) is 11.8 Å². The quantitative estimate of drug-likeness (QED) is 0.545. The molecule has 0 aliphatic carbocycles. The number of hydrogen-bond acceptors (Lipinski definition) is 1. The smallest absolute Gasteiger partial charge is 0.0599 e. The molecule has 88 valence electrons. The summed E-state index contributed by atoms with van der Waals surface area (Å²) in [7, 11) is -1.16. The Labute approximate surface area is 105 Å². The van der Waals surface area contributed by atoms with Crippen molar-refractivity contribution in [2.75, 3.05) is 6.26 Å². The standard InChI is InChI=1S/C14H22SSi/c1-6-13(12-10-8-7-9-11-12)14(15-2)16(3,4)5/h6-11,13-14H,1H2,2-5H3. The number of hydrogen-bond donors (Lipinski definition) is 0. The number of allylic oxidation sites excluding steroid dienone is 1. The minimum absolute atomic E-state index is 0.489. The average Bonchev–Trinajstić information content (AvgIpc) is 2.25. The van der Waals surface area contributed by atoms with Gasteiger partial charge in [0, 0.05) is 10.8 Å². The molecule has 0 fully saturated rings. The van der Waals surface area contributed by atoms with Gasteiger partial charge in [0.25, 0.3) is 0 Å². The van der Waals surface area contributed by atoms with Crippen molar-refractivity contribution >= 4 is 19.8 Å². The largest absolute Gasteiger partial charge is 0.164 e. The van der Waals surface area contributed by atoms with Gasteiger partial charge in [0.2, 0.25) is 0 Å². The Morgan fingerprint density at radius 2 is 1.75 bits per heavy atom. The molecule has 0 saturated heterocycles. The molecular formula is C14H22SSi. The third-order valence-electron chi connectivity index (χ3n) is 2.87. The van der Waals surface area contributed by atoms with Crippen LogP contribution in [-0.4, -0.2) is 19.2 Å². The topological polar surface area (TPSA) is 0 Å². The highest BCUT2D eigenvalue weighted by Gasteiger charge is 2.32. The summed E-state index contributed by atoms with van der Waals surface area (Å²) in [4.78, 5) is 0.701. The zero-order valence-corrected chi connectivity index (χ0v) is 12.6. The minimum atomic E-state index is -1.16. The highest BCUT2D eigenvalue weighted by Crippen LogP contribution is 2.34.